The molecule has 0 radical (unpaired) electrons. The molecule has 1 aromatic heterocycles. The summed E-state index contributed by atoms with van der Waals surface area (Å²) in [4.78, 5) is 8.70. The first kappa shape index (κ1) is 14.1. The van der Waals surface area contributed by atoms with E-state index in [0.717, 1.165) is 24.6 Å². The number of nitrogen functional groups attached to an aromatic ring is 1. The molecule has 4 nitrogen and oxygen atoms in total. The van der Waals surface area contributed by atoms with Crippen LogP contribution in [-0.2, 0) is 0 Å². The van der Waals surface area contributed by atoms with E-state index in [0.29, 0.717) is 17.6 Å². The zero-order valence-corrected chi connectivity index (χ0v) is 12.4. The van der Waals surface area contributed by atoms with Crippen LogP contribution in [0.2, 0.25) is 0 Å². The number of nitrogens with two attached hydrogens (primary N) is 1. The summed E-state index contributed by atoms with van der Waals surface area (Å²) < 4.78 is 6.01. The fraction of sp³-hybridized carbons (Fsp3) is 0.733. The molecule has 1 aliphatic rings. The quantitative estimate of drug-likeness (QED) is 0.908. The van der Waals surface area contributed by atoms with Gasteiger partial charge in [0.1, 0.15) is 17.7 Å². The largest absolute Gasteiger partial charge is 0.474 e. The minimum atomic E-state index is 0.260. The molecule has 0 saturated heterocycles. The highest BCUT2D eigenvalue weighted by molar-refractivity contribution is 5.33. The second kappa shape index (κ2) is 5.76. The van der Waals surface area contributed by atoms with E-state index >= 15 is 0 Å². The van der Waals surface area contributed by atoms with Gasteiger partial charge in [-0.15, -0.1) is 0 Å². The lowest BCUT2D eigenvalue weighted by Crippen LogP contribution is -2.29. The van der Waals surface area contributed by atoms with Crippen LogP contribution in [0.1, 0.15) is 58.7 Å². The summed E-state index contributed by atoms with van der Waals surface area (Å²) in [5.41, 5.74) is 5.82. The summed E-state index contributed by atoms with van der Waals surface area (Å²) in [6, 6.07) is 1.73. The summed E-state index contributed by atoms with van der Waals surface area (Å²) in [6.45, 7) is 8.74. The molecule has 0 aromatic carbocycles. The Bertz CT molecular complexity index is 433. The van der Waals surface area contributed by atoms with Crippen molar-refractivity contribution in [3.8, 4) is 5.88 Å². The summed E-state index contributed by atoms with van der Waals surface area (Å²) in [5.74, 6) is 3.64. The maximum absolute atomic E-state index is 6.01. The van der Waals surface area contributed by atoms with E-state index < -0.39 is 0 Å². The van der Waals surface area contributed by atoms with Crippen molar-refractivity contribution in [2.75, 3.05) is 5.73 Å². The third-order valence-corrected chi connectivity index (χ3v) is 4.09. The molecule has 1 aliphatic carbocycles. The Labute approximate surface area is 115 Å². The Morgan fingerprint density at radius 2 is 1.95 bits per heavy atom. The molecule has 1 saturated carbocycles. The van der Waals surface area contributed by atoms with E-state index in [1.165, 1.54) is 6.42 Å². The topological polar surface area (TPSA) is 61.0 Å². The predicted octanol–water partition coefficient (Wildman–Crippen LogP) is 3.39. The molecule has 106 valence electrons. The van der Waals surface area contributed by atoms with E-state index in [1.54, 1.807) is 6.07 Å². The average molecular weight is 263 g/mol. The highest BCUT2D eigenvalue weighted by Crippen LogP contribution is 2.31. The first-order valence-corrected chi connectivity index (χ1v) is 7.26. The lowest BCUT2D eigenvalue weighted by Gasteiger charge is -2.32. The van der Waals surface area contributed by atoms with E-state index in [4.69, 9.17) is 10.5 Å². The zero-order chi connectivity index (χ0) is 14.0. The number of ether oxygens (including phenoxy) is 1. The molecule has 0 bridgehead atoms. The standard InChI is InChI=1S/C15H25N3O/c1-9(2)15-17-13(16)8-14(18-15)19-12-6-5-10(3)11(4)7-12/h8-12H,5-7H2,1-4H3,(H2,16,17,18). The van der Waals surface area contributed by atoms with Crippen LogP contribution in [0.25, 0.3) is 0 Å². The highest BCUT2D eigenvalue weighted by atomic mass is 16.5. The zero-order valence-electron chi connectivity index (χ0n) is 12.4. The van der Waals surface area contributed by atoms with Gasteiger partial charge in [-0.3, -0.25) is 0 Å². The van der Waals surface area contributed by atoms with Crippen LogP contribution < -0.4 is 10.5 Å². The minimum Gasteiger partial charge on any atom is -0.474 e. The van der Waals surface area contributed by atoms with Crippen molar-refractivity contribution in [3.05, 3.63) is 11.9 Å². The average Bonchev–Trinajstić information content (AvgIpc) is 2.33. The number of aromatic nitrogens is 2. The Morgan fingerprint density at radius 1 is 1.21 bits per heavy atom. The fourth-order valence-corrected chi connectivity index (χ4v) is 2.56. The van der Waals surface area contributed by atoms with E-state index in [9.17, 15) is 0 Å². The van der Waals surface area contributed by atoms with Gasteiger partial charge in [0, 0.05) is 12.0 Å². The molecule has 2 rings (SSSR count). The van der Waals surface area contributed by atoms with E-state index in [1.807, 2.05) is 0 Å². The van der Waals surface area contributed by atoms with Crippen molar-refractivity contribution in [1.82, 2.24) is 9.97 Å². The molecule has 0 amide bonds. The Balaban J connectivity index is 2.07. The fourth-order valence-electron chi connectivity index (χ4n) is 2.56. The Hall–Kier alpha value is -1.32. The molecule has 1 aromatic rings. The Morgan fingerprint density at radius 3 is 2.58 bits per heavy atom. The van der Waals surface area contributed by atoms with Gasteiger partial charge in [-0.25, -0.2) is 4.98 Å². The minimum absolute atomic E-state index is 0.260. The van der Waals surface area contributed by atoms with Gasteiger partial charge in [-0.1, -0.05) is 27.7 Å². The molecule has 19 heavy (non-hydrogen) atoms. The summed E-state index contributed by atoms with van der Waals surface area (Å²) in [5, 5.41) is 0. The third kappa shape index (κ3) is 3.58. The lowest BCUT2D eigenvalue weighted by atomic mass is 9.80. The van der Waals surface area contributed by atoms with Crippen molar-refractivity contribution < 1.29 is 4.74 Å². The predicted molar refractivity (Wildman–Crippen MR) is 77.1 cm³/mol. The van der Waals surface area contributed by atoms with Gasteiger partial charge in [-0.2, -0.15) is 4.98 Å². The molecule has 0 spiro atoms. The van der Waals surface area contributed by atoms with Crippen LogP contribution in [0.3, 0.4) is 0 Å². The molecular formula is C15H25N3O. The molecule has 3 unspecified atom stereocenters. The number of hydrogen-bond donors (Lipinski definition) is 1. The third-order valence-electron chi connectivity index (χ3n) is 4.09. The normalized spacial score (nSPS) is 27.5. The summed E-state index contributed by atoms with van der Waals surface area (Å²) in [7, 11) is 0. The Kier molecular flexibility index (Phi) is 4.27. The van der Waals surface area contributed by atoms with Gasteiger partial charge in [0.2, 0.25) is 5.88 Å². The second-order valence-electron chi connectivity index (χ2n) is 6.15. The first-order chi connectivity index (χ1) is 8.95. The van der Waals surface area contributed by atoms with Crippen LogP contribution in [0.4, 0.5) is 5.82 Å². The lowest BCUT2D eigenvalue weighted by molar-refractivity contribution is 0.0961. The van der Waals surface area contributed by atoms with Crippen LogP contribution in [0, 0.1) is 11.8 Å². The van der Waals surface area contributed by atoms with Gasteiger partial charge in [0.15, 0.2) is 0 Å². The second-order valence-corrected chi connectivity index (χ2v) is 6.15. The summed E-state index contributed by atoms with van der Waals surface area (Å²) in [6.07, 6.45) is 3.69. The van der Waals surface area contributed by atoms with Gasteiger partial charge in [0.25, 0.3) is 0 Å². The number of anilines is 1. The van der Waals surface area contributed by atoms with Crippen LogP contribution in [-0.4, -0.2) is 16.1 Å². The van der Waals surface area contributed by atoms with Gasteiger partial charge in [-0.05, 0) is 31.1 Å². The maximum Gasteiger partial charge on any atom is 0.219 e. The monoisotopic (exact) mass is 263 g/mol. The molecule has 1 heterocycles. The smallest absolute Gasteiger partial charge is 0.219 e. The molecule has 4 heteroatoms. The van der Waals surface area contributed by atoms with Crippen molar-refractivity contribution in [2.45, 2.75) is 59.0 Å². The first-order valence-electron chi connectivity index (χ1n) is 7.26. The van der Waals surface area contributed by atoms with Crippen molar-refractivity contribution in [2.24, 2.45) is 11.8 Å². The van der Waals surface area contributed by atoms with Gasteiger partial charge in [0.05, 0.1) is 0 Å². The number of nitrogens with zero attached hydrogens (tertiary/aromatic N) is 2. The number of rotatable bonds is 3. The van der Waals surface area contributed by atoms with E-state index in [-0.39, 0.29) is 12.0 Å². The molecule has 1 fully saturated rings. The highest BCUT2D eigenvalue weighted by Gasteiger charge is 2.26. The van der Waals surface area contributed by atoms with E-state index in [2.05, 4.69) is 37.7 Å². The van der Waals surface area contributed by atoms with Crippen molar-refractivity contribution >= 4 is 5.82 Å². The van der Waals surface area contributed by atoms with Crippen LogP contribution >= 0.6 is 0 Å². The van der Waals surface area contributed by atoms with Gasteiger partial charge >= 0.3 is 0 Å². The molecule has 3 atom stereocenters. The number of hydrogen-bond acceptors (Lipinski definition) is 4. The molecular weight excluding hydrogens is 238 g/mol. The molecule has 0 aliphatic heterocycles. The van der Waals surface area contributed by atoms with Crippen LogP contribution in [0.5, 0.6) is 5.88 Å². The summed E-state index contributed by atoms with van der Waals surface area (Å²) >= 11 is 0. The SMILES string of the molecule is CC(C)c1nc(N)cc(OC2CCC(C)C(C)C2)n1. The van der Waals surface area contributed by atoms with Crippen molar-refractivity contribution in [3.63, 3.8) is 0 Å². The maximum atomic E-state index is 6.01. The van der Waals surface area contributed by atoms with Crippen LogP contribution in [0.15, 0.2) is 6.07 Å². The van der Waals surface area contributed by atoms with Gasteiger partial charge < -0.3 is 10.5 Å². The molecule has 2 N–H and O–H groups in total. The van der Waals surface area contributed by atoms with Crippen molar-refractivity contribution in [1.29, 1.82) is 0 Å².